The zero-order chi connectivity index (χ0) is 14.5. The van der Waals surface area contributed by atoms with E-state index in [1.54, 1.807) is 14.2 Å². The Morgan fingerprint density at radius 2 is 2.50 bits per heavy atom. The Morgan fingerprint density at radius 3 is 3.10 bits per heavy atom. The van der Waals surface area contributed by atoms with E-state index in [2.05, 4.69) is 10.4 Å². The lowest BCUT2D eigenvalue weighted by molar-refractivity contribution is -0.384. The molecule has 8 nitrogen and oxygen atoms in total. The highest BCUT2D eigenvalue weighted by Crippen LogP contribution is 2.26. The van der Waals surface area contributed by atoms with Gasteiger partial charge in [0.15, 0.2) is 0 Å². The molecule has 0 aromatic carbocycles. The molecule has 8 heteroatoms. The molecule has 1 saturated heterocycles. The van der Waals surface area contributed by atoms with E-state index >= 15 is 0 Å². The monoisotopic (exact) mass is 283 g/mol. The molecule has 2 heterocycles. The van der Waals surface area contributed by atoms with Crippen LogP contribution < -0.4 is 10.2 Å². The van der Waals surface area contributed by atoms with Gasteiger partial charge in [-0.1, -0.05) is 0 Å². The van der Waals surface area contributed by atoms with Gasteiger partial charge in [0, 0.05) is 33.3 Å². The van der Waals surface area contributed by atoms with Crippen LogP contribution in [0.1, 0.15) is 12.8 Å². The summed E-state index contributed by atoms with van der Waals surface area (Å²) < 4.78 is 6.58. The third-order valence-electron chi connectivity index (χ3n) is 3.46. The maximum atomic E-state index is 11.1. The molecule has 2 rings (SSSR count). The summed E-state index contributed by atoms with van der Waals surface area (Å²) in [5, 5.41) is 18.8. The molecular weight excluding hydrogens is 262 g/mol. The van der Waals surface area contributed by atoms with Gasteiger partial charge >= 0.3 is 5.69 Å². The standard InChI is InChI=1S/C12H21N5O3/c1-15-9-11(17(18)19)12(14-15)16(6-7-20-2)8-10-4-3-5-13-10/h9-10,13H,3-8H2,1-2H3. The number of anilines is 1. The Hall–Kier alpha value is -1.67. The van der Waals surface area contributed by atoms with E-state index in [1.807, 2.05) is 4.90 Å². The van der Waals surface area contributed by atoms with Gasteiger partial charge in [0.2, 0.25) is 5.82 Å². The molecule has 1 unspecified atom stereocenters. The van der Waals surface area contributed by atoms with Crippen molar-refractivity contribution in [3.8, 4) is 0 Å². The smallest absolute Gasteiger partial charge is 0.330 e. The number of nitrogens with one attached hydrogen (secondary N) is 1. The number of hydrogen-bond donors (Lipinski definition) is 1. The first-order valence-corrected chi connectivity index (χ1v) is 6.77. The maximum Gasteiger partial charge on any atom is 0.330 e. The molecule has 1 aliphatic rings. The Bertz CT molecular complexity index is 456. The number of rotatable bonds is 7. The van der Waals surface area contributed by atoms with E-state index in [4.69, 9.17) is 4.74 Å². The molecule has 0 bridgehead atoms. The molecule has 1 N–H and O–H groups in total. The molecule has 0 spiro atoms. The van der Waals surface area contributed by atoms with Crippen LogP contribution in [0.4, 0.5) is 11.5 Å². The molecule has 1 atom stereocenters. The predicted octanol–water partition coefficient (Wildman–Crippen LogP) is 0.533. The van der Waals surface area contributed by atoms with Crippen LogP contribution in [0.5, 0.6) is 0 Å². The fourth-order valence-electron chi connectivity index (χ4n) is 2.48. The highest BCUT2D eigenvalue weighted by atomic mass is 16.6. The van der Waals surface area contributed by atoms with Crippen molar-refractivity contribution < 1.29 is 9.66 Å². The molecule has 20 heavy (non-hydrogen) atoms. The first-order valence-electron chi connectivity index (χ1n) is 6.77. The average molecular weight is 283 g/mol. The van der Waals surface area contributed by atoms with Gasteiger partial charge in [-0.15, -0.1) is 5.10 Å². The van der Waals surface area contributed by atoms with E-state index in [1.165, 1.54) is 10.9 Å². The van der Waals surface area contributed by atoms with Crippen molar-refractivity contribution in [3.05, 3.63) is 16.3 Å². The first-order chi connectivity index (χ1) is 9.61. The lowest BCUT2D eigenvalue weighted by atomic mass is 10.2. The van der Waals surface area contributed by atoms with Crippen LogP contribution in [0, 0.1) is 10.1 Å². The van der Waals surface area contributed by atoms with Gasteiger partial charge in [-0.05, 0) is 19.4 Å². The number of methoxy groups -OCH3 is 1. The molecule has 1 aromatic rings. The minimum absolute atomic E-state index is 0.0431. The molecule has 0 amide bonds. The van der Waals surface area contributed by atoms with Crippen molar-refractivity contribution in [2.75, 3.05) is 38.3 Å². The number of nitrogens with zero attached hydrogens (tertiary/aromatic N) is 4. The Morgan fingerprint density at radius 1 is 1.70 bits per heavy atom. The average Bonchev–Trinajstić information content (AvgIpc) is 3.03. The summed E-state index contributed by atoms with van der Waals surface area (Å²) >= 11 is 0. The highest BCUT2D eigenvalue weighted by molar-refractivity contribution is 5.56. The normalized spacial score (nSPS) is 18.4. The van der Waals surface area contributed by atoms with Crippen LogP contribution >= 0.6 is 0 Å². The Labute approximate surface area is 117 Å². The number of nitro groups is 1. The first kappa shape index (κ1) is 14.7. The van der Waals surface area contributed by atoms with Crippen LogP contribution in [0.3, 0.4) is 0 Å². The van der Waals surface area contributed by atoms with Crippen molar-refractivity contribution in [1.29, 1.82) is 0 Å². The van der Waals surface area contributed by atoms with Crippen LogP contribution in [-0.2, 0) is 11.8 Å². The number of aromatic nitrogens is 2. The van der Waals surface area contributed by atoms with Crippen molar-refractivity contribution in [3.63, 3.8) is 0 Å². The summed E-state index contributed by atoms with van der Waals surface area (Å²) in [6, 6.07) is 0.355. The number of hydrogen-bond acceptors (Lipinski definition) is 6. The summed E-state index contributed by atoms with van der Waals surface area (Å²) in [5.74, 6) is 0.420. The summed E-state index contributed by atoms with van der Waals surface area (Å²) in [7, 11) is 3.32. The van der Waals surface area contributed by atoms with E-state index in [0.29, 0.717) is 31.6 Å². The van der Waals surface area contributed by atoms with Crippen molar-refractivity contribution in [2.24, 2.45) is 7.05 Å². The van der Waals surface area contributed by atoms with Gasteiger partial charge in [-0.25, -0.2) is 0 Å². The summed E-state index contributed by atoms with van der Waals surface area (Å²) in [6.07, 6.45) is 3.68. The van der Waals surface area contributed by atoms with Crippen LogP contribution in [0.2, 0.25) is 0 Å². The Kier molecular flexibility index (Phi) is 4.91. The summed E-state index contributed by atoms with van der Waals surface area (Å²) in [6.45, 7) is 2.82. The molecule has 1 aromatic heterocycles. The van der Waals surface area contributed by atoms with Crippen molar-refractivity contribution in [1.82, 2.24) is 15.1 Å². The topological polar surface area (TPSA) is 85.5 Å². The van der Waals surface area contributed by atoms with E-state index in [0.717, 1.165) is 19.4 Å². The van der Waals surface area contributed by atoms with Gasteiger partial charge in [-0.2, -0.15) is 0 Å². The largest absolute Gasteiger partial charge is 0.383 e. The molecular formula is C12H21N5O3. The van der Waals surface area contributed by atoms with Gasteiger partial charge in [0.05, 0.1) is 11.5 Å². The van der Waals surface area contributed by atoms with Gasteiger partial charge in [0.1, 0.15) is 6.20 Å². The highest BCUT2D eigenvalue weighted by Gasteiger charge is 2.26. The summed E-state index contributed by atoms with van der Waals surface area (Å²) in [4.78, 5) is 12.7. The van der Waals surface area contributed by atoms with Gasteiger partial charge in [-0.3, -0.25) is 14.8 Å². The zero-order valence-electron chi connectivity index (χ0n) is 11.9. The van der Waals surface area contributed by atoms with Gasteiger partial charge in [0.25, 0.3) is 0 Å². The lowest BCUT2D eigenvalue weighted by Crippen LogP contribution is -2.39. The molecule has 112 valence electrons. The van der Waals surface area contributed by atoms with Crippen molar-refractivity contribution in [2.45, 2.75) is 18.9 Å². The minimum atomic E-state index is -0.385. The van der Waals surface area contributed by atoms with Crippen LogP contribution in [0.15, 0.2) is 6.20 Å². The second-order valence-corrected chi connectivity index (χ2v) is 5.00. The molecule has 0 saturated carbocycles. The predicted molar refractivity (Wildman–Crippen MR) is 75.0 cm³/mol. The molecule has 0 aliphatic carbocycles. The third kappa shape index (κ3) is 3.45. The molecule has 1 fully saturated rings. The SMILES string of the molecule is COCCN(CC1CCCN1)c1nn(C)cc1[N+](=O)[O-]. The Balaban J connectivity index is 2.17. The van der Waals surface area contributed by atoms with Crippen molar-refractivity contribution >= 4 is 11.5 Å². The van der Waals surface area contributed by atoms with Crippen LogP contribution in [-0.4, -0.2) is 54.1 Å². The fraction of sp³-hybridized carbons (Fsp3) is 0.750. The molecule has 1 aliphatic heterocycles. The number of ether oxygens (including phenoxy) is 1. The third-order valence-corrected chi connectivity index (χ3v) is 3.46. The number of aryl methyl sites for hydroxylation is 1. The van der Waals surface area contributed by atoms with E-state index in [9.17, 15) is 10.1 Å². The van der Waals surface area contributed by atoms with Crippen LogP contribution in [0.25, 0.3) is 0 Å². The summed E-state index contributed by atoms with van der Waals surface area (Å²) in [5.41, 5.74) is 0.0431. The zero-order valence-corrected chi connectivity index (χ0v) is 11.9. The quantitative estimate of drug-likeness (QED) is 0.580. The van der Waals surface area contributed by atoms with E-state index < -0.39 is 0 Å². The fourth-order valence-corrected chi connectivity index (χ4v) is 2.48. The minimum Gasteiger partial charge on any atom is -0.383 e. The lowest BCUT2D eigenvalue weighted by Gasteiger charge is -2.24. The van der Waals surface area contributed by atoms with E-state index in [-0.39, 0.29) is 10.6 Å². The maximum absolute atomic E-state index is 11.1. The molecule has 0 radical (unpaired) electrons. The van der Waals surface area contributed by atoms with Gasteiger partial charge < -0.3 is 15.0 Å². The second kappa shape index (κ2) is 6.67. The second-order valence-electron chi connectivity index (χ2n) is 5.00.